The fourth-order valence-electron chi connectivity index (χ4n) is 3.75. The van der Waals surface area contributed by atoms with Gasteiger partial charge in [-0.3, -0.25) is 0 Å². The Bertz CT molecular complexity index is 1080. The van der Waals surface area contributed by atoms with Gasteiger partial charge in [0.15, 0.2) is 11.5 Å². The third-order valence-electron chi connectivity index (χ3n) is 5.17. The number of aromatic hydroxyl groups is 1. The van der Waals surface area contributed by atoms with Gasteiger partial charge in [0.1, 0.15) is 17.6 Å². The van der Waals surface area contributed by atoms with E-state index < -0.39 is 0 Å². The van der Waals surface area contributed by atoms with Crippen LogP contribution in [0.4, 0.5) is 5.82 Å². The van der Waals surface area contributed by atoms with E-state index in [0.29, 0.717) is 17.5 Å². The van der Waals surface area contributed by atoms with Gasteiger partial charge in [-0.25, -0.2) is 15.0 Å². The molecule has 0 saturated heterocycles. The summed E-state index contributed by atoms with van der Waals surface area (Å²) in [6, 6.07) is 6.00. The van der Waals surface area contributed by atoms with Crippen LogP contribution in [-0.4, -0.2) is 42.0 Å². The Morgan fingerprint density at radius 1 is 1.24 bits per heavy atom. The van der Waals surface area contributed by atoms with Crippen LogP contribution in [-0.2, 0) is 0 Å². The third-order valence-corrected chi connectivity index (χ3v) is 5.17. The minimum Gasteiger partial charge on any atom is -0.507 e. The molecule has 7 heteroatoms. The first-order valence-corrected chi connectivity index (χ1v) is 10.1. The van der Waals surface area contributed by atoms with Gasteiger partial charge >= 0.3 is 0 Å². The van der Waals surface area contributed by atoms with E-state index in [-0.39, 0.29) is 11.8 Å². The average Bonchev–Trinajstić information content (AvgIpc) is 3.44. The molecule has 150 valence electrons. The van der Waals surface area contributed by atoms with E-state index in [1.165, 1.54) is 6.33 Å². The Kier molecular flexibility index (Phi) is 4.96. The van der Waals surface area contributed by atoms with Crippen molar-refractivity contribution in [1.29, 1.82) is 0 Å². The van der Waals surface area contributed by atoms with Gasteiger partial charge in [-0.1, -0.05) is 32.6 Å². The molecule has 1 fully saturated rings. The van der Waals surface area contributed by atoms with Crippen LogP contribution in [0.3, 0.4) is 0 Å². The van der Waals surface area contributed by atoms with Crippen molar-refractivity contribution >= 4 is 28.8 Å². The third kappa shape index (κ3) is 3.33. The molecular weight excluding hydrogens is 364 g/mol. The first kappa shape index (κ1) is 19.0. The van der Waals surface area contributed by atoms with Gasteiger partial charge in [-0.15, -0.1) is 0 Å². The predicted octanol–water partition coefficient (Wildman–Crippen LogP) is 4.37. The standard InChI is InChI=1S/C20H20N6O.C2H6/c1-11(25-20-18-19(22-9-21-18)23-10-24-20)15-8-13-4-3-5-16(27)17(13)12(2)26(15)14-6-7-14;1-2/h3-5,8-11,14,27H,2,6-7H2,1H3,(H2,21,22,23,24,25);1-2H3. The van der Waals surface area contributed by atoms with Gasteiger partial charge in [0.2, 0.25) is 0 Å². The Morgan fingerprint density at radius 2 is 2.03 bits per heavy atom. The zero-order valence-electron chi connectivity index (χ0n) is 17.0. The highest BCUT2D eigenvalue weighted by atomic mass is 16.3. The molecule has 1 aliphatic carbocycles. The predicted molar refractivity (Wildman–Crippen MR) is 116 cm³/mol. The van der Waals surface area contributed by atoms with Crippen molar-refractivity contribution in [3.63, 3.8) is 0 Å². The number of phenolic OH excluding ortho intramolecular Hbond substituents is 1. The SMILES string of the molecule is C=C1c2c(O)cccc2C=C(C(C)Nc2ncnc3nc[nH]c23)N1C1CC1.CC. The summed E-state index contributed by atoms with van der Waals surface area (Å²) in [4.78, 5) is 18.1. The van der Waals surface area contributed by atoms with E-state index in [2.05, 4.69) is 49.7 Å². The van der Waals surface area contributed by atoms with Crippen LogP contribution in [0, 0.1) is 0 Å². The maximum Gasteiger partial charge on any atom is 0.182 e. The van der Waals surface area contributed by atoms with Gasteiger partial charge in [0.25, 0.3) is 0 Å². The molecule has 0 amide bonds. The van der Waals surface area contributed by atoms with Crippen LogP contribution >= 0.6 is 0 Å². The van der Waals surface area contributed by atoms with E-state index in [9.17, 15) is 5.11 Å². The number of hydrogen-bond acceptors (Lipinski definition) is 6. The number of nitrogens with one attached hydrogen (secondary N) is 2. The average molecular weight is 390 g/mol. The molecule has 1 aromatic carbocycles. The largest absolute Gasteiger partial charge is 0.507 e. The van der Waals surface area contributed by atoms with E-state index >= 15 is 0 Å². The molecule has 1 aliphatic heterocycles. The van der Waals surface area contributed by atoms with Crippen molar-refractivity contribution in [3.05, 3.63) is 54.3 Å². The summed E-state index contributed by atoms with van der Waals surface area (Å²) in [5, 5.41) is 13.8. The molecule has 0 spiro atoms. The number of phenols is 1. The topological polar surface area (TPSA) is 90.0 Å². The molecule has 1 unspecified atom stereocenters. The van der Waals surface area contributed by atoms with Crippen LogP contribution in [0.25, 0.3) is 22.9 Å². The molecule has 7 nitrogen and oxygen atoms in total. The molecule has 2 aliphatic rings. The molecule has 1 saturated carbocycles. The summed E-state index contributed by atoms with van der Waals surface area (Å²) in [6.45, 7) is 10.4. The van der Waals surface area contributed by atoms with Crippen molar-refractivity contribution < 1.29 is 5.11 Å². The highest BCUT2D eigenvalue weighted by Crippen LogP contribution is 2.44. The van der Waals surface area contributed by atoms with E-state index in [1.807, 2.05) is 26.0 Å². The first-order valence-electron chi connectivity index (χ1n) is 10.1. The summed E-state index contributed by atoms with van der Waals surface area (Å²) in [5.41, 5.74) is 5.19. The zero-order chi connectivity index (χ0) is 20.5. The summed E-state index contributed by atoms with van der Waals surface area (Å²) in [7, 11) is 0. The second kappa shape index (κ2) is 7.58. The maximum absolute atomic E-state index is 10.3. The van der Waals surface area contributed by atoms with Gasteiger partial charge in [0, 0.05) is 23.0 Å². The van der Waals surface area contributed by atoms with E-state index in [4.69, 9.17) is 0 Å². The van der Waals surface area contributed by atoms with Crippen molar-refractivity contribution in [1.82, 2.24) is 24.8 Å². The molecule has 0 bridgehead atoms. The van der Waals surface area contributed by atoms with Crippen molar-refractivity contribution in [3.8, 4) is 5.75 Å². The number of hydrogen-bond donors (Lipinski definition) is 3. The van der Waals surface area contributed by atoms with Gasteiger partial charge < -0.3 is 20.3 Å². The van der Waals surface area contributed by atoms with Crippen LogP contribution in [0.2, 0.25) is 0 Å². The number of aromatic nitrogens is 4. The minimum atomic E-state index is -0.0146. The van der Waals surface area contributed by atoms with Crippen LogP contribution in [0.15, 0.2) is 43.1 Å². The monoisotopic (exact) mass is 390 g/mol. The van der Waals surface area contributed by atoms with Gasteiger partial charge in [0.05, 0.1) is 12.4 Å². The Hall–Kier alpha value is -3.35. The van der Waals surface area contributed by atoms with Crippen LogP contribution in [0.5, 0.6) is 5.75 Å². The van der Waals surface area contributed by atoms with Gasteiger partial charge in [-0.2, -0.15) is 0 Å². The normalized spacial score (nSPS) is 16.6. The Labute approximate surface area is 170 Å². The summed E-state index contributed by atoms with van der Waals surface area (Å²) < 4.78 is 0. The lowest BCUT2D eigenvalue weighted by atomic mass is 9.95. The zero-order valence-corrected chi connectivity index (χ0v) is 17.0. The van der Waals surface area contributed by atoms with Crippen LogP contribution in [0.1, 0.15) is 44.7 Å². The van der Waals surface area contributed by atoms with Gasteiger partial charge in [-0.05, 0) is 37.5 Å². The smallest absolute Gasteiger partial charge is 0.182 e. The molecule has 3 aromatic rings. The molecular formula is C22H26N6O. The molecule has 29 heavy (non-hydrogen) atoms. The quantitative estimate of drug-likeness (QED) is 0.613. The molecule has 3 N–H and O–H groups in total. The lowest BCUT2D eigenvalue weighted by Crippen LogP contribution is -2.35. The van der Waals surface area contributed by atoms with E-state index in [0.717, 1.165) is 40.9 Å². The lowest BCUT2D eigenvalue weighted by molar-refractivity contribution is 0.439. The second-order valence-corrected chi connectivity index (χ2v) is 7.05. The molecule has 0 radical (unpaired) electrons. The summed E-state index contributed by atoms with van der Waals surface area (Å²) in [5.74, 6) is 0.989. The lowest BCUT2D eigenvalue weighted by Gasteiger charge is -2.37. The number of H-pyrrole nitrogens is 1. The Balaban J connectivity index is 0.000000994. The van der Waals surface area contributed by atoms with Crippen molar-refractivity contribution in [2.45, 2.75) is 45.7 Å². The number of fused-ring (bicyclic) bond motifs is 2. The molecule has 1 atom stereocenters. The number of rotatable bonds is 4. The van der Waals surface area contributed by atoms with E-state index in [1.54, 1.807) is 12.4 Å². The first-order chi connectivity index (χ1) is 14.1. The highest BCUT2D eigenvalue weighted by molar-refractivity contribution is 5.84. The Morgan fingerprint density at radius 3 is 2.79 bits per heavy atom. The fourth-order valence-corrected chi connectivity index (χ4v) is 3.75. The maximum atomic E-state index is 10.3. The van der Waals surface area contributed by atoms with Crippen LogP contribution < -0.4 is 5.32 Å². The fraction of sp³-hybridized carbons (Fsp3) is 0.318. The van der Waals surface area contributed by atoms with Crippen molar-refractivity contribution in [2.24, 2.45) is 0 Å². The van der Waals surface area contributed by atoms with Crippen molar-refractivity contribution in [2.75, 3.05) is 5.32 Å². The minimum absolute atomic E-state index is 0.0146. The number of nitrogens with zero attached hydrogens (tertiary/aromatic N) is 4. The number of imidazole rings is 1. The highest BCUT2D eigenvalue weighted by Gasteiger charge is 2.37. The summed E-state index contributed by atoms with van der Waals surface area (Å²) >= 11 is 0. The molecule has 2 aromatic heterocycles. The number of aromatic amines is 1. The number of benzene rings is 1. The molecule has 5 rings (SSSR count). The summed E-state index contributed by atoms with van der Waals surface area (Å²) in [6.07, 6.45) is 7.52. The second-order valence-electron chi connectivity index (χ2n) is 7.05. The molecule has 3 heterocycles. The number of anilines is 1.